The van der Waals surface area contributed by atoms with Crippen LogP contribution in [0.4, 0.5) is 0 Å². The van der Waals surface area contributed by atoms with E-state index in [0.29, 0.717) is 12.0 Å². The molecular weight excluding hydrogens is 138 g/mol. The Morgan fingerprint density at radius 3 is 3.18 bits per heavy atom. The lowest BCUT2D eigenvalue weighted by atomic mass is 9.84. The van der Waals surface area contributed by atoms with Crippen LogP contribution in [-0.4, -0.2) is 11.9 Å². The Bertz CT molecular complexity index is 198. The molecule has 2 atom stereocenters. The predicted octanol–water partition coefficient (Wildman–Crippen LogP) is 1.23. The van der Waals surface area contributed by atoms with Gasteiger partial charge in [-0.25, -0.2) is 0 Å². The molecule has 0 aromatic rings. The van der Waals surface area contributed by atoms with Gasteiger partial charge in [0.05, 0.1) is 12.0 Å². The van der Waals surface area contributed by atoms with Gasteiger partial charge < -0.3 is 5.32 Å². The molecule has 0 aromatic heterocycles. The van der Waals surface area contributed by atoms with Crippen molar-refractivity contribution in [2.45, 2.75) is 31.7 Å². The highest BCUT2D eigenvalue weighted by Gasteiger charge is 2.36. The van der Waals surface area contributed by atoms with Crippen LogP contribution in [0.2, 0.25) is 0 Å². The highest BCUT2D eigenvalue weighted by Crippen LogP contribution is 2.24. The van der Waals surface area contributed by atoms with Crippen LogP contribution in [-0.2, 0) is 4.79 Å². The van der Waals surface area contributed by atoms with Gasteiger partial charge in [0.15, 0.2) is 0 Å². The zero-order chi connectivity index (χ0) is 7.68. The van der Waals surface area contributed by atoms with Gasteiger partial charge >= 0.3 is 0 Å². The summed E-state index contributed by atoms with van der Waals surface area (Å²) in [5, 5.41) is 2.89. The van der Waals surface area contributed by atoms with Crippen LogP contribution in [0.25, 0.3) is 0 Å². The van der Waals surface area contributed by atoms with Crippen molar-refractivity contribution in [3.8, 4) is 0 Å². The van der Waals surface area contributed by atoms with Gasteiger partial charge in [-0.05, 0) is 19.3 Å². The number of allylic oxidation sites excluding steroid dienone is 1. The smallest absolute Gasteiger partial charge is 0.226 e. The first-order valence-corrected chi connectivity index (χ1v) is 4.35. The third-order valence-electron chi connectivity index (χ3n) is 2.56. The van der Waals surface area contributed by atoms with Crippen molar-refractivity contribution in [3.05, 3.63) is 12.2 Å². The molecule has 2 nitrogen and oxygen atoms in total. The van der Waals surface area contributed by atoms with Gasteiger partial charge in [-0.3, -0.25) is 4.79 Å². The molecule has 0 spiro atoms. The molecular formula is C9H13NO. The summed E-state index contributed by atoms with van der Waals surface area (Å²) in [6.07, 6.45) is 9.05. The van der Waals surface area contributed by atoms with Crippen molar-refractivity contribution >= 4 is 5.91 Å². The minimum Gasteiger partial charge on any atom is -0.349 e. The lowest BCUT2D eigenvalue weighted by Crippen LogP contribution is -2.57. The lowest BCUT2D eigenvalue weighted by molar-refractivity contribution is -0.133. The fourth-order valence-corrected chi connectivity index (χ4v) is 1.80. The van der Waals surface area contributed by atoms with E-state index in [1.54, 1.807) is 0 Å². The van der Waals surface area contributed by atoms with Crippen molar-refractivity contribution in [2.75, 3.05) is 0 Å². The van der Waals surface area contributed by atoms with E-state index in [0.717, 1.165) is 6.42 Å². The topological polar surface area (TPSA) is 29.1 Å². The molecule has 1 N–H and O–H groups in total. The molecule has 1 aliphatic carbocycles. The van der Waals surface area contributed by atoms with Crippen molar-refractivity contribution in [1.29, 1.82) is 0 Å². The average Bonchev–Trinajstić information content (AvgIpc) is 1.96. The Morgan fingerprint density at radius 2 is 2.36 bits per heavy atom. The van der Waals surface area contributed by atoms with Crippen LogP contribution in [0.15, 0.2) is 12.2 Å². The maximum Gasteiger partial charge on any atom is 0.226 e. The van der Waals surface area contributed by atoms with E-state index in [1.807, 2.05) is 0 Å². The molecule has 0 bridgehead atoms. The number of hydrogen-bond acceptors (Lipinski definition) is 1. The highest BCUT2D eigenvalue weighted by atomic mass is 16.2. The molecule has 2 rings (SSSR count). The molecule has 2 heteroatoms. The van der Waals surface area contributed by atoms with E-state index in [4.69, 9.17) is 0 Å². The number of carbonyl (C=O) groups excluding carboxylic acids is 1. The second-order valence-electron chi connectivity index (χ2n) is 3.35. The molecule has 0 radical (unpaired) electrons. The van der Waals surface area contributed by atoms with Crippen molar-refractivity contribution in [2.24, 2.45) is 5.92 Å². The Labute approximate surface area is 66.7 Å². The minimum absolute atomic E-state index is 0.251. The maximum atomic E-state index is 11.0. The summed E-state index contributed by atoms with van der Waals surface area (Å²) in [7, 11) is 0. The second kappa shape index (κ2) is 2.68. The van der Waals surface area contributed by atoms with Gasteiger partial charge in [0, 0.05) is 0 Å². The Kier molecular flexibility index (Phi) is 1.68. The molecule has 1 saturated heterocycles. The molecule has 1 fully saturated rings. The van der Waals surface area contributed by atoms with Crippen LogP contribution < -0.4 is 5.32 Å². The van der Waals surface area contributed by atoms with Gasteiger partial charge in [-0.15, -0.1) is 0 Å². The van der Waals surface area contributed by atoms with Crippen LogP contribution in [0.3, 0.4) is 0 Å². The molecule has 0 aromatic carbocycles. The van der Waals surface area contributed by atoms with E-state index >= 15 is 0 Å². The van der Waals surface area contributed by atoms with Crippen LogP contribution in [0.5, 0.6) is 0 Å². The summed E-state index contributed by atoms with van der Waals surface area (Å²) in [6.45, 7) is 0. The van der Waals surface area contributed by atoms with Crippen LogP contribution in [0, 0.1) is 5.92 Å². The largest absolute Gasteiger partial charge is 0.349 e. The SMILES string of the molecule is O=C1NC2/C=C/CCCCC12. The fraction of sp³-hybridized carbons (Fsp3) is 0.667. The zero-order valence-electron chi connectivity index (χ0n) is 6.55. The molecule has 60 valence electrons. The van der Waals surface area contributed by atoms with Gasteiger partial charge in [-0.1, -0.05) is 18.6 Å². The molecule has 0 saturated carbocycles. The number of nitrogens with one attached hydrogen (secondary N) is 1. The minimum atomic E-state index is 0.251. The number of hydrogen-bond donors (Lipinski definition) is 1. The first-order valence-electron chi connectivity index (χ1n) is 4.35. The standard InChI is InChI=1S/C9H13NO/c11-9-7-5-3-1-2-4-6-8(7)10-9/h4,6-8H,1-3,5H2,(H,10,11)/b6-4+. The van der Waals surface area contributed by atoms with Gasteiger partial charge in [0.25, 0.3) is 0 Å². The molecule has 11 heavy (non-hydrogen) atoms. The summed E-state index contributed by atoms with van der Waals surface area (Å²) >= 11 is 0. The third-order valence-corrected chi connectivity index (χ3v) is 2.56. The van der Waals surface area contributed by atoms with E-state index in [2.05, 4.69) is 17.5 Å². The fourth-order valence-electron chi connectivity index (χ4n) is 1.80. The summed E-state index contributed by atoms with van der Waals surface area (Å²) in [4.78, 5) is 11.0. The Hall–Kier alpha value is -0.790. The van der Waals surface area contributed by atoms with E-state index in [1.165, 1.54) is 19.3 Å². The maximum absolute atomic E-state index is 11.0. The number of rotatable bonds is 0. The number of fused-ring (bicyclic) bond motifs is 1. The third kappa shape index (κ3) is 1.17. The molecule has 1 amide bonds. The first-order chi connectivity index (χ1) is 5.38. The van der Waals surface area contributed by atoms with Crippen molar-refractivity contribution < 1.29 is 4.79 Å². The van der Waals surface area contributed by atoms with Gasteiger partial charge in [0.1, 0.15) is 0 Å². The second-order valence-corrected chi connectivity index (χ2v) is 3.35. The quantitative estimate of drug-likeness (QED) is 0.409. The van der Waals surface area contributed by atoms with Crippen molar-refractivity contribution in [3.63, 3.8) is 0 Å². The normalized spacial score (nSPS) is 39.1. The van der Waals surface area contributed by atoms with Crippen LogP contribution >= 0.6 is 0 Å². The van der Waals surface area contributed by atoms with Crippen LogP contribution in [0.1, 0.15) is 25.7 Å². The number of amides is 1. The predicted molar refractivity (Wildman–Crippen MR) is 43.0 cm³/mol. The van der Waals surface area contributed by atoms with Crippen molar-refractivity contribution in [1.82, 2.24) is 5.32 Å². The summed E-state index contributed by atoms with van der Waals surface area (Å²) in [6, 6.07) is 0.364. The molecule has 2 aliphatic rings. The zero-order valence-corrected chi connectivity index (χ0v) is 6.55. The summed E-state index contributed by atoms with van der Waals surface area (Å²) < 4.78 is 0. The van der Waals surface area contributed by atoms with E-state index in [-0.39, 0.29) is 5.91 Å². The van der Waals surface area contributed by atoms with Gasteiger partial charge in [-0.2, -0.15) is 0 Å². The van der Waals surface area contributed by atoms with Gasteiger partial charge in [0.2, 0.25) is 5.91 Å². The molecule has 1 heterocycles. The molecule has 2 unspecified atom stereocenters. The lowest BCUT2D eigenvalue weighted by Gasteiger charge is -2.35. The highest BCUT2D eigenvalue weighted by molar-refractivity contribution is 5.86. The summed E-state index contributed by atoms with van der Waals surface area (Å²) in [5.74, 6) is 0.549. The van der Waals surface area contributed by atoms with E-state index < -0.39 is 0 Å². The summed E-state index contributed by atoms with van der Waals surface area (Å²) in [5.41, 5.74) is 0. The Balaban J connectivity index is 2.04. The number of carbonyl (C=O) groups is 1. The first kappa shape index (κ1) is 6.89. The number of β-lactam (4-membered cyclic amide) rings is 1. The monoisotopic (exact) mass is 151 g/mol. The Morgan fingerprint density at radius 1 is 1.45 bits per heavy atom. The average molecular weight is 151 g/mol. The molecule has 1 aliphatic heterocycles. The van der Waals surface area contributed by atoms with E-state index in [9.17, 15) is 4.79 Å².